The van der Waals surface area contributed by atoms with Crippen molar-refractivity contribution < 1.29 is 23.5 Å². The molecule has 1 atom stereocenters. The van der Waals surface area contributed by atoms with Crippen molar-refractivity contribution in [3.8, 4) is 0 Å². The van der Waals surface area contributed by atoms with Crippen LogP contribution >= 0.6 is 0 Å². The molecular weight excluding hydrogens is 234 g/mol. The molecule has 17 heavy (non-hydrogen) atoms. The van der Waals surface area contributed by atoms with E-state index in [2.05, 4.69) is 4.99 Å². The van der Waals surface area contributed by atoms with Crippen LogP contribution in [0.5, 0.6) is 0 Å². The maximum absolute atomic E-state index is 12.9. The zero-order chi connectivity index (χ0) is 12.4. The van der Waals surface area contributed by atoms with Crippen LogP contribution in [0.25, 0.3) is 0 Å². The number of amides is 1. The molecule has 0 saturated carbocycles. The average molecular weight is 242 g/mol. The van der Waals surface area contributed by atoms with Crippen LogP contribution in [-0.4, -0.2) is 29.7 Å². The van der Waals surface area contributed by atoms with Crippen LogP contribution in [0, 0.1) is 11.6 Å². The molecule has 0 radical (unpaired) electrons. The molecular formula is C10H8F2N2O3. The third-order valence-electron chi connectivity index (χ3n) is 2.17. The van der Waals surface area contributed by atoms with E-state index in [0.29, 0.717) is 0 Å². The smallest absolute Gasteiger partial charge is 0.271 e. The van der Waals surface area contributed by atoms with Crippen LogP contribution in [0.2, 0.25) is 0 Å². The maximum atomic E-state index is 12.9. The van der Waals surface area contributed by atoms with Gasteiger partial charge >= 0.3 is 0 Å². The largest absolute Gasteiger partial charge is 0.475 e. The molecule has 1 aromatic rings. The number of ether oxygens (including phenoxy) is 1. The van der Waals surface area contributed by atoms with Gasteiger partial charge in [-0.2, -0.15) is 0 Å². The highest BCUT2D eigenvalue weighted by Gasteiger charge is 2.26. The summed E-state index contributed by atoms with van der Waals surface area (Å²) >= 11 is 0. The van der Waals surface area contributed by atoms with Gasteiger partial charge in [0.1, 0.15) is 18.2 Å². The summed E-state index contributed by atoms with van der Waals surface area (Å²) in [6, 6.07) is 1.89. The Labute approximate surface area is 94.7 Å². The topological polar surface area (TPSA) is 70.9 Å². The third kappa shape index (κ3) is 2.39. The summed E-state index contributed by atoms with van der Waals surface area (Å²) in [5.41, 5.74) is 1.53. The van der Waals surface area contributed by atoms with E-state index in [1.165, 1.54) is 5.48 Å². The van der Waals surface area contributed by atoms with Gasteiger partial charge in [0.2, 0.25) is 5.90 Å². The molecule has 7 heteroatoms. The van der Waals surface area contributed by atoms with E-state index < -0.39 is 23.6 Å². The Morgan fingerprint density at radius 3 is 2.65 bits per heavy atom. The van der Waals surface area contributed by atoms with Crippen molar-refractivity contribution in [3.63, 3.8) is 0 Å². The highest BCUT2D eigenvalue weighted by molar-refractivity contribution is 5.98. The van der Waals surface area contributed by atoms with Crippen LogP contribution in [-0.2, 0) is 9.53 Å². The molecule has 90 valence electrons. The van der Waals surface area contributed by atoms with E-state index in [1.807, 2.05) is 0 Å². The maximum Gasteiger partial charge on any atom is 0.271 e. The number of rotatable bonds is 2. The minimum atomic E-state index is -0.915. The number of carbonyl (C=O) groups excluding carboxylic acids is 1. The quantitative estimate of drug-likeness (QED) is 0.589. The fraction of sp³-hybridized carbons (Fsp3) is 0.200. The highest BCUT2D eigenvalue weighted by Crippen LogP contribution is 2.15. The molecule has 0 saturated heterocycles. The molecule has 1 amide bonds. The number of benzene rings is 1. The summed E-state index contributed by atoms with van der Waals surface area (Å²) in [5, 5.41) is 8.40. The number of hydroxylamine groups is 1. The van der Waals surface area contributed by atoms with E-state index >= 15 is 0 Å². The van der Waals surface area contributed by atoms with Gasteiger partial charge in [0, 0.05) is 11.6 Å². The van der Waals surface area contributed by atoms with Gasteiger partial charge in [-0.05, 0) is 12.1 Å². The van der Waals surface area contributed by atoms with Gasteiger partial charge in [-0.3, -0.25) is 10.0 Å². The highest BCUT2D eigenvalue weighted by atomic mass is 19.1. The lowest BCUT2D eigenvalue weighted by atomic mass is 10.2. The SMILES string of the molecule is O=C(NO)C1COC(c2cc(F)cc(F)c2)=N1. The van der Waals surface area contributed by atoms with Gasteiger partial charge in [0.25, 0.3) is 5.91 Å². The number of nitrogens with zero attached hydrogens (tertiary/aromatic N) is 1. The first-order chi connectivity index (χ1) is 8.10. The lowest BCUT2D eigenvalue weighted by molar-refractivity contribution is -0.130. The van der Waals surface area contributed by atoms with Gasteiger partial charge in [-0.15, -0.1) is 0 Å². The van der Waals surface area contributed by atoms with Gasteiger partial charge < -0.3 is 4.74 Å². The van der Waals surface area contributed by atoms with Crippen molar-refractivity contribution in [2.75, 3.05) is 6.61 Å². The predicted octanol–water partition coefficient (Wildman–Crippen LogP) is 0.616. The average Bonchev–Trinajstić information content (AvgIpc) is 2.76. The first-order valence-electron chi connectivity index (χ1n) is 4.71. The Hall–Kier alpha value is -2.02. The fourth-order valence-corrected chi connectivity index (χ4v) is 1.42. The number of aliphatic imine (C=N–C) groups is 1. The van der Waals surface area contributed by atoms with Crippen molar-refractivity contribution in [2.24, 2.45) is 4.99 Å². The molecule has 1 aliphatic rings. The Morgan fingerprint density at radius 1 is 1.41 bits per heavy atom. The molecule has 1 aromatic carbocycles. The van der Waals surface area contributed by atoms with Crippen molar-refractivity contribution in [3.05, 3.63) is 35.4 Å². The van der Waals surface area contributed by atoms with Crippen molar-refractivity contribution in [1.29, 1.82) is 0 Å². The molecule has 2 N–H and O–H groups in total. The Kier molecular flexibility index (Phi) is 3.01. The Morgan fingerprint density at radius 2 is 2.06 bits per heavy atom. The normalized spacial score (nSPS) is 18.5. The fourth-order valence-electron chi connectivity index (χ4n) is 1.42. The second-order valence-electron chi connectivity index (χ2n) is 3.40. The second-order valence-corrected chi connectivity index (χ2v) is 3.40. The van der Waals surface area contributed by atoms with Gasteiger partial charge in [0.15, 0.2) is 6.04 Å². The van der Waals surface area contributed by atoms with Crippen LogP contribution in [0.1, 0.15) is 5.56 Å². The first-order valence-corrected chi connectivity index (χ1v) is 4.71. The summed E-state index contributed by atoms with van der Waals surface area (Å²) in [7, 11) is 0. The Bertz CT molecular complexity index is 470. The monoisotopic (exact) mass is 242 g/mol. The molecule has 0 spiro atoms. The van der Waals surface area contributed by atoms with Crippen molar-refractivity contribution in [2.45, 2.75) is 6.04 Å². The number of halogens is 2. The zero-order valence-electron chi connectivity index (χ0n) is 8.48. The second kappa shape index (κ2) is 4.46. The number of hydrogen-bond donors (Lipinski definition) is 2. The summed E-state index contributed by atoms with van der Waals surface area (Å²) in [4.78, 5) is 14.8. The Balaban J connectivity index is 2.26. The molecule has 1 aliphatic heterocycles. The molecule has 2 rings (SSSR count). The molecule has 5 nitrogen and oxygen atoms in total. The molecule has 0 aromatic heterocycles. The zero-order valence-corrected chi connectivity index (χ0v) is 8.48. The van der Waals surface area contributed by atoms with E-state index in [4.69, 9.17) is 9.94 Å². The predicted molar refractivity (Wildman–Crippen MR) is 52.6 cm³/mol. The van der Waals surface area contributed by atoms with Crippen LogP contribution in [0.4, 0.5) is 8.78 Å². The molecule has 1 heterocycles. The first kappa shape index (κ1) is 11.5. The van der Waals surface area contributed by atoms with Crippen molar-refractivity contribution in [1.82, 2.24) is 5.48 Å². The van der Waals surface area contributed by atoms with Crippen LogP contribution in [0.3, 0.4) is 0 Å². The van der Waals surface area contributed by atoms with Gasteiger partial charge in [0.05, 0.1) is 0 Å². The summed E-state index contributed by atoms with van der Waals surface area (Å²) < 4.78 is 30.9. The lowest BCUT2D eigenvalue weighted by Crippen LogP contribution is -2.31. The van der Waals surface area contributed by atoms with Crippen molar-refractivity contribution >= 4 is 11.8 Å². The standard InChI is InChI=1S/C10H8F2N2O3/c11-6-1-5(2-7(12)3-6)10-13-8(4-17-10)9(15)14-16/h1-3,8,16H,4H2,(H,14,15). The van der Waals surface area contributed by atoms with Gasteiger partial charge in [-0.25, -0.2) is 19.3 Å². The van der Waals surface area contributed by atoms with E-state index in [1.54, 1.807) is 0 Å². The summed E-state index contributed by atoms with van der Waals surface area (Å²) in [6.07, 6.45) is 0. The number of nitrogens with one attached hydrogen (secondary N) is 1. The molecule has 1 unspecified atom stereocenters. The summed E-state index contributed by atoms with van der Waals surface area (Å²) in [5.74, 6) is -2.29. The van der Waals surface area contributed by atoms with Crippen LogP contribution < -0.4 is 5.48 Å². The minimum Gasteiger partial charge on any atom is -0.475 e. The van der Waals surface area contributed by atoms with E-state index in [-0.39, 0.29) is 18.1 Å². The van der Waals surface area contributed by atoms with Gasteiger partial charge in [-0.1, -0.05) is 0 Å². The summed E-state index contributed by atoms with van der Waals surface area (Å²) in [6.45, 7) is -0.0835. The number of hydrogen-bond acceptors (Lipinski definition) is 4. The van der Waals surface area contributed by atoms with E-state index in [9.17, 15) is 13.6 Å². The lowest BCUT2D eigenvalue weighted by Gasteiger charge is -2.01. The van der Waals surface area contributed by atoms with E-state index in [0.717, 1.165) is 18.2 Å². The van der Waals surface area contributed by atoms with Crippen LogP contribution in [0.15, 0.2) is 23.2 Å². The third-order valence-corrected chi connectivity index (χ3v) is 2.17. The molecule has 0 bridgehead atoms. The minimum absolute atomic E-state index is 0.0306. The number of carbonyl (C=O) groups is 1. The molecule has 0 fully saturated rings. The molecule has 0 aliphatic carbocycles.